The molecule has 6 heteroatoms. The van der Waals surface area contributed by atoms with Crippen LogP contribution in [0.2, 0.25) is 0 Å². The van der Waals surface area contributed by atoms with Gasteiger partial charge in [0, 0.05) is 51.4 Å². The molecule has 0 aromatic heterocycles. The number of nitrogens with zero attached hydrogens (tertiary/aromatic N) is 3. The van der Waals surface area contributed by atoms with E-state index in [9.17, 15) is 0 Å². The van der Waals surface area contributed by atoms with Crippen molar-refractivity contribution in [3.8, 4) is 0 Å². The van der Waals surface area contributed by atoms with Crippen molar-refractivity contribution in [1.29, 1.82) is 0 Å². The van der Waals surface area contributed by atoms with Gasteiger partial charge in [0.2, 0.25) is 0 Å². The normalized spacial score (nSPS) is 19.1. The van der Waals surface area contributed by atoms with Crippen LogP contribution < -0.4 is 10.6 Å². The van der Waals surface area contributed by atoms with Gasteiger partial charge >= 0.3 is 0 Å². The Kier molecular flexibility index (Phi) is 11.4. The van der Waals surface area contributed by atoms with Crippen LogP contribution in [0.4, 0.5) is 0 Å². The number of hydrogen-bond donors (Lipinski definition) is 2. The van der Waals surface area contributed by atoms with E-state index in [-0.39, 0.29) is 29.5 Å². The van der Waals surface area contributed by atoms with Crippen LogP contribution in [0.25, 0.3) is 0 Å². The average Bonchev–Trinajstić information content (AvgIpc) is 2.44. The summed E-state index contributed by atoms with van der Waals surface area (Å²) in [7, 11) is 0. The Labute approximate surface area is 160 Å². The summed E-state index contributed by atoms with van der Waals surface area (Å²) in [5, 5.41) is 6.78. The topological polar surface area (TPSA) is 42.9 Å². The molecule has 1 atom stereocenters. The third-order valence-electron chi connectivity index (χ3n) is 3.88. The molecule has 1 heterocycles. The second kappa shape index (κ2) is 11.5. The van der Waals surface area contributed by atoms with Crippen molar-refractivity contribution < 1.29 is 0 Å². The first kappa shape index (κ1) is 22.9. The van der Waals surface area contributed by atoms with Crippen molar-refractivity contribution in [3.63, 3.8) is 0 Å². The van der Waals surface area contributed by atoms with Crippen LogP contribution in [0, 0.1) is 5.92 Å². The lowest BCUT2D eigenvalue weighted by Gasteiger charge is -2.35. The lowest BCUT2D eigenvalue weighted by Crippen LogP contribution is -2.48. The van der Waals surface area contributed by atoms with Crippen molar-refractivity contribution >= 4 is 29.9 Å². The number of halogens is 1. The maximum absolute atomic E-state index is 4.75. The minimum absolute atomic E-state index is 0. The van der Waals surface area contributed by atoms with E-state index in [0.717, 1.165) is 25.6 Å². The largest absolute Gasteiger partial charge is 0.357 e. The van der Waals surface area contributed by atoms with Crippen molar-refractivity contribution in [2.45, 2.75) is 47.1 Å². The average molecular weight is 439 g/mol. The van der Waals surface area contributed by atoms with Gasteiger partial charge in [0.05, 0.1) is 0 Å². The number of guanidine groups is 1. The molecule has 138 valence electrons. The number of nitrogens with one attached hydrogen (secondary N) is 2. The molecule has 0 amide bonds. The van der Waals surface area contributed by atoms with Crippen molar-refractivity contribution in [2.24, 2.45) is 10.9 Å². The molecule has 0 aromatic carbocycles. The Morgan fingerprint density at radius 2 is 1.65 bits per heavy atom. The number of piperazine rings is 1. The van der Waals surface area contributed by atoms with Gasteiger partial charge in [0.1, 0.15) is 0 Å². The lowest BCUT2D eigenvalue weighted by atomic mass is 10.1. The summed E-state index contributed by atoms with van der Waals surface area (Å²) >= 11 is 0. The minimum atomic E-state index is 0. The van der Waals surface area contributed by atoms with Crippen LogP contribution in [0.1, 0.15) is 41.5 Å². The summed E-state index contributed by atoms with van der Waals surface area (Å²) < 4.78 is 0. The van der Waals surface area contributed by atoms with Crippen molar-refractivity contribution in [3.05, 3.63) is 0 Å². The molecule has 1 fully saturated rings. The standard InChI is InChI=1S/C17H37N5.HI/c1-7-18-16(20-17(4,5)6)19-13-15(3)14-22-11-9-21(8-2)10-12-22;/h15H,7-14H2,1-6H3,(H2,18,19,20);1H. The van der Waals surface area contributed by atoms with E-state index < -0.39 is 0 Å². The molecule has 23 heavy (non-hydrogen) atoms. The summed E-state index contributed by atoms with van der Waals surface area (Å²) in [6, 6.07) is 0. The van der Waals surface area contributed by atoms with Gasteiger partial charge in [-0.05, 0) is 40.2 Å². The Hall–Kier alpha value is -0.0800. The Morgan fingerprint density at radius 3 is 2.13 bits per heavy atom. The predicted octanol–water partition coefficient (Wildman–Crippen LogP) is 2.23. The maximum atomic E-state index is 4.75. The van der Waals surface area contributed by atoms with Crippen LogP contribution in [0.5, 0.6) is 0 Å². The minimum Gasteiger partial charge on any atom is -0.357 e. The SMILES string of the molecule is CCNC(=NCC(C)CN1CCN(CC)CC1)NC(C)(C)C.I. The summed E-state index contributed by atoms with van der Waals surface area (Å²) in [6.07, 6.45) is 0. The number of likely N-dealkylation sites (N-methyl/N-ethyl adjacent to an activating group) is 1. The first-order chi connectivity index (χ1) is 10.3. The summed E-state index contributed by atoms with van der Waals surface area (Å²) in [5.74, 6) is 1.52. The molecular formula is C17H38IN5. The fourth-order valence-corrected chi connectivity index (χ4v) is 2.70. The molecule has 0 radical (unpaired) electrons. The molecule has 0 bridgehead atoms. The molecule has 0 aliphatic carbocycles. The van der Waals surface area contributed by atoms with Gasteiger partial charge in [0.25, 0.3) is 0 Å². The highest BCUT2D eigenvalue weighted by Crippen LogP contribution is 2.06. The van der Waals surface area contributed by atoms with E-state index >= 15 is 0 Å². The van der Waals surface area contributed by atoms with E-state index in [0.29, 0.717) is 5.92 Å². The highest BCUT2D eigenvalue weighted by atomic mass is 127. The van der Waals surface area contributed by atoms with Crippen LogP contribution >= 0.6 is 24.0 Å². The molecule has 0 aromatic rings. The van der Waals surface area contributed by atoms with Gasteiger partial charge in [-0.15, -0.1) is 24.0 Å². The first-order valence-electron chi connectivity index (χ1n) is 8.85. The van der Waals surface area contributed by atoms with Gasteiger partial charge in [-0.25, -0.2) is 0 Å². The maximum Gasteiger partial charge on any atom is 0.191 e. The highest BCUT2D eigenvalue weighted by molar-refractivity contribution is 14.0. The Balaban J connectivity index is 0.00000484. The van der Waals surface area contributed by atoms with Crippen molar-refractivity contribution in [1.82, 2.24) is 20.4 Å². The highest BCUT2D eigenvalue weighted by Gasteiger charge is 2.17. The smallest absolute Gasteiger partial charge is 0.191 e. The van der Waals surface area contributed by atoms with Gasteiger partial charge in [-0.1, -0.05) is 13.8 Å². The predicted molar refractivity (Wildman–Crippen MR) is 112 cm³/mol. The molecule has 0 saturated carbocycles. The molecule has 0 spiro atoms. The number of aliphatic imine (C=N–C) groups is 1. The van der Waals surface area contributed by atoms with Gasteiger partial charge in [0.15, 0.2) is 5.96 Å². The third-order valence-corrected chi connectivity index (χ3v) is 3.88. The molecular weight excluding hydrogens is 401 g/mol. The van der Waals surface area contributed by atoms with E-state index in [2.05, 4.69) is 62.0 Å². The fourth-order valence-electron chi connectivity index (χ4n) is 2.70. The van der Waals surface area contributed by atoms with Gasteiger partial charge in [-0.3, -0.25) is 4.99 Å². The van der Waals surface area contributed by atoms with Gasteiger partial charge < -0.3 is 20.4 Å². The zero-order valence-electron chi connectivity index (χ0n) is 16.0. The molecule has 1 rings (SSSR count). The molecule has 5 nitrogen and oxygen atoms in total. The van der Waals surface area contributed by atoms with Crippen LogP contribution in [-0.4, -0.2) is 73.7 Å². The summed E-state index contributed by atoms with van der Waals surface area (Å²) in [4.78, 5) is 9.86. The fraction of sp³-hybridized carbons (Fsp3) is 0.941. The monoisotopic (exact) mass is 439 g/mol. The van der Waals surface area contributed by atoms with E-state index in [4.69, 9.17) is 4.99 Å². The zero-order valence-corrected chi connectivity index (χ0v) is 18.3. The number of rotatable bonds is 6. The van der Waals surface area contributed by atoms with E-state index in [1.165, 1.54) is 32.7 Å². The van der Waals surface area contributed by atoms with Crippen molar-refractivity contribution in [2.75, 3.05) is 52.4 Å². The van der Waals surface area contributed by atoms with Crippen LogP contribution in [-0.2, 0) is 0 Å². The molecule has 1 aliphatic rings. The van der Waals surface area contributed by atoms with Crippen LogP contribution in [0.3, 0.4) is 0 Å². The molecule has 1 saturated heterocycles. The van der Waals surface area contributed by atoms with Crippen LogP contribution in [0.15, 0.2) is 4.99 Å². The zero-order chi connectivity index (χ0) is 16.6. The Bertz CT molecular complexity index is 332. The third kappa shape index (κ3) is 10.4. The summed E-state index contributed by atoms with van der Waals surface area (Å²) in [6.45, 7) is 22.1. The first-order valence-corrected chi connectivity index (χ1v) is 8.85. The molecule has 1 aliphatic heterocycles. The second-order valence-electron chi connectivity index (χ2n) is 7.43. The van der Waals surface area contributed by atoms with E-state index in [1.54, 1.807) is 0 Å². The number of hydrogen-bond acceptors (Lipinski definition) is 3. The van der Waals surface area contributed by atoms with E-state index in [1.807, 2.05) is 0 Å². The summed E-state index contributed by atoms with van der Waals surface area (Å²) in [5.41, 5.74) is 0.0424. The molecule has 1 unspecified atom stereocenters. The quantitative estimate of drug-likeness (QED) is 0.379. The molecule has 2 N–H and O–H groups in total. The van der Waals surface area contributed by atoms with Gasteiger partial charge in [-0.2, -0.15) is 0 Å². The lowest BCUT2D eigenvalue weighted by molar-refractivity contribution is 0.125. The second-order valence-corrected chi connectivity index (χ2v) is 7.43. The Morgan fingerprint density at radius 1 is 1.09 bits per heavy atom.